The van der Waals surface area contributed by atoms with Crippen molar-refractivity contribution in [2.24, 2.45) is 5.10 Å². The van der Waals surface area contributed by atoms with E-state index in [1.807, 2.05) is 54.6 Å². The van der Waals surface area contributed by atoms with E-state index >= 15 is 0 Å². The molecule has 1 heterocycles. The Kier molecular flexibility index (Phi) is 3.75. The number of hydrogen-bond donors (Lipinski definition) is 1. The van der Waals surface area contributed by atoms with Crippen LogP contribution in [-0.2, 0) is 0 Å². The van der Waals surface area contributed by atoms with E-state index in [1.165, 1.54) is 5.56 Å². The summed E-state index contributed by atoms with van der Waals surface area (Å²) < 4.78 is 2.10. The molecule has 3 rings (SSSR count). The van der Waals surface area contributed by atoms with E-state index in [0.29, 0.717) is 10.6 Å². The van der Waals surface area contributed by atoms with Crippen LogP contribution in [0.2, 0.25) is 0 Å². The van der Waals surface area contributed by atoms with Crippen molar-refractivity contribution in [2.45, 2.75) is 6.92 Å². The van der Waals surface area contributed by atoms with Gasteiger partial charge in [-0.05, 0) is 24.7 Å². The second-order valence-electron chi connectivity index (χ2n) is 4.69. The fourth-order valence-corrected chi connectivity index (χ4v) is 2.13. The zero-order chi connectivity index (χ0) is 14.7. The van der Waals surface area contributed by atoms with Crippen LogP contribution in [0.4, 0.5) is 0 Å². The normalized spacial score (nSPS) is 11.1. The molecule has 4 nitrogen and oxygen atoms in total. The summed E-state index contributed by atoms with van der Waals surface area (Å²) in [6, 6.07) is 18.0. The molecular formula is C16H14N4S. The molecule has 0 atom stereocenters. The first-order chi connectivity index (χ1) is 10.2. The van der Waals surface area contributed by atoms with E-state index in [2.05, 4.69) is 22.2 Å². The SMILES string of the molecule is Cc1ccc(-c2n[nH]c(=S)n2/N=C\c2ccccc2)cc1. The first kappa shape index (κ1) is 13.5. The van der Waals surface area contributed by atoms with Gasteiger partial charge in [0.25, 0.3) is 0 Å². The second-order valence-corrected chi connectivity index (χ2v) is 5.07. The van der Waals surface area contributed by atoms with Gasteiger partial charge >= 0.3 is 0 Å². The van der Waals surface area contributed by atoms with Gasteiger partial charge in [-0.3, -0.25) is 0 Å². The first-order valence-electron chi connectivity index (χ1n) is 6.58. The summed E-state index contributed by atoms with van der Waals surface area (Å²) in [5.41, 5.74) is 3.18. The van der Waals surface area contributed by atoms with Crippen molar-refractivity contribution in [1.82, 2.24) is 14.9 Å². The Morgan fingerprint density at radius 2 is 1.81 bits per heavy atom. The van der Waals surface area contributed by atoms with E-state index in [4.69, 9.17) is 12.2 Å². The molecule has 21 heavy (non-hydrogen) atoms. The predicted octanol–water partition coefficient (Wildman–Crippen LogP) is 3.80. The van der Waals surface area contributed by atoms with Gasteiger partial charge in [-0.15, -0.1) is 0 Å². The van der Waals surface area contributed by atoms with Crippen molar-refractivity contribution in [3.63, 3.8) is 0 Å². The monoisotopic (exact) mass is 294 g/mol. The maximum atomic E-state index is 5.25. The lowest BCUT2D eigenvalue weighted by atomic mass is 10.1. The lowest BCUT2D eigenvalue weighted by Crippen LogP contribution is -1.95. The van der Waals surface area contributed by atoms with E-state index in [9.17, 15) is 0 Å². The minimum absolute atomic E-state index is 0.470. The molecule has 0 fully saturated rings. The average molecular weight is 294 g/mol. The van der Waals surface area contributed by atoms with E-state index < -0.39 is 0 Å². The van der Waals surface area contributed by atoms with Crippen molar-refractivity contribution in [3.05, 3.63) is 70.5 Å². The van der Waals surface area contributed by atoms with Crippen LogP contribution in [0.5, 0.6) is 0 Å². The number of H-pyrrole nitrogens is 1. The van der Waals surface area contributed by atoms with Gasteiger partial charge in [0.15, 0.2) is 5.82 Å². The fraction of sp³-hybridized carbons (Fsp3) is 0.0625. The van der Waals surface area contributed by atoms with Gasteiger partial charge in [-0.25, -0.2) is 5.10 Å². The molecule has 1 N–H and O–H groups in total. The summed E-state index contributed by atoms with van der Waals surface area (Å²) in [7, 11) is 0. The Labute approximate surface area is 127 Å². The zero-order valence-corrected chi connectivity index (χ0v) is 12.3. The number of aromatic nitrogens is 3. The summed E-state index contributed by atoms with van der Waals surface area (Å²) in [4.78, 5) is 0. The summed E-state index contributed by atoms with van der Waals surface area (Å²) in [5.74, 6) is 0.701. The second kappa shape index (κ2) is 5.85. The lowest BCUT2D eigenvalue weighted by molar-refractivity contribution is 0.871. The molecule has 0 aliphatic rings. The Morgan fingerprint density at radius 1 is 1.10 bits per heavy atom. The molecule has 2 aromatic carbocycles. The maximum absolute atomic E-state index is 5.25. The van der Waals surface area contributed by atoms with Crippen LogP contribution in [0.25, 0.3) is 11.4 Å². The molecule has 3 aromatic rings. The van der Waals surface area contributed by atoms with Crippen molar-refractivity contribution in [1.29, 1.82) is 0 Å². The van der Waals surface area contributed by atoms with E-state index in [1.54, 1.807) is 10.9 Å². The van der Waals surface area contributed by atoms with Crippen molar-refractivity contribution >= 4 is 18.4 Å². The third-order valence-electron chi connectivity index (χ3n) is 3.08. The molecule has 0 saturated heterocycles. The average Bonchev–Trinajstić information content (AvgIpc) is 2.88. The molecule has 0 spiro atoms. The molecule has 5 heteroatoms. The molecule has 0 amide bonds. The van der Waals surface area contributed by atoms with Gasteiger partial charge < -0.3 is 0 Å². The third-order valence-corrected chi connectivity index (χ3v) is 3.35. The number of nitrogens with one attached hydrogen (secondary N) is 1. The Morgan fingerprint density at radius 3 is 2.52 bits per heavy atom. The number of rotatable bonds is 3. The number of benzene rings is 2. The van der Waals surface area contributed by atoms with Crippen LogP contribution in [0, 0.1) is 11.7 Å². The Hall–Kier alpha value is -2.53. The summed E-state index contributed by atoms with van der Waals surface area (Å²) in [5, 5.41) is 11.5. The molecular weight excluding hydrogens is 280 g/mol. The van der Waals surface area contributed by atoms with Gasteiger partial charge in [0.05, 0.1) is 6.21 Å². The molecule has 1 aromatic heterocycles. The van der Waals surface area contributed by atoms with Crippen molar-refractivity contribution in [3.8, 4) is 11.4 Å². The minimum atomic E-state index is 0.470. The highest BCUT2D eigenvalue weighted by atomic mass is 32.1. The number of hydrogen-bond acceptors (Lipinski definition) is 3. The van der Waals surface area contributed by atoms with Crippen LogP contribution in [0.3, 0.4) is 0 Å². The lowest BCUT2D eigenvalue weighted by Gasteiger charge is -2.01. The highest BCUT2D eigenvalue weighted by Gasteiger charge is 2.07. The molecule has 0 saturated carbocycles. The highest BCUT2D eigenvalue weighted by molar-refractivity contribution is 7.71. The standard InChI is InChI=1S/C16H14N4S/c1-12-7-9-14(10-8-12)15-18-19-16(21)20(15)17-11-13-5-3-2-4-6-13/h2-11H,1H3,(H,19,21)/b17-11-. The largest absolute Gasteiger partial charge is 0.250 e. The molecule has 0 aliphatic carbocycles. The molecule has 0 unspecified atom stereocenters. The number of nitrogens with zero attached hydrogens (tertiary/aromatic N) is 3. The van der Waals surface area contributed by atoms with Gasteiger partial charge in [-0.1, -0.05) is 60.2 Å². The molecule has 104 valence electrons. The van der Waals surface area contributed by atoms with E-state index in [0.717, 1.165) is 11.1 Å². The predicted molar refractivity (Wildman–Crippen MR) is 87.0 cm³/mol. The van der Waals surface area contributed by atoms with Gasteiger partial charge in [-0.2, -0.15) is 14.9 Å². The van der Waals surface area contributed by atoms with Gasteiger partial charge in [0, 0.05) is 5.56 Å². The van der Waals surface area contributed by atoms with Crippen LogP contribution < -0.4 is 0 Å². The fourth-order valence-electron chi connectivity index (χ4n) is 1.95. The third kappa shape index (κ3) is 2.98. The zero-order valence-electron chi connectivity index (χ0n) is 11.5. The quantitative estimate of drug-likeness (QED) is 0.590. The topological polar surface area (TPSA) is 46.0 Å². The van der Waals surface area contributed by atoms with Crippen molar-refractivity contribution in [2.75, 3.05) is 0 Å². The van der Waals surface area contributed by atoms with Crippen LogP contribution in [-0.4, -0.2) is 21.1 Å². The molecule has 0 bridgehead atoms. The van der Waals surface area contributed by atoms with Crippen LogP contribution in [0.15, 0.2) is 59.7 Å². The maximum Gasteiger partial charge on any atom is 0.216 e. The van der Waals surface area contributed by atoms with Crippen LogP contribution >= 0.6 is 12.2 Å². The number of aromatic amines is 1. The van der Waals surface area contributed by atoms with Crippen molar-refractivity contribution < 1.29 is 0 Å². The first-order valence-corrected chi connectivity index (χ1v) is 6.99. The Bertz CT molecular complexity index is 813. The Balaban J connectivity index is 2.00. The van der Waals surface area contributed by atoms with Crippen LogP contribution in [0.1, 0.15) is 11.1 Å². The highest BCUT2D eigenvalue weighted by Crippen LogP contribution is 2.17. The summed E-state index contributed by atoms with van der Waals surface area (Å²) in [6.45, 7) is 2.05. The van der Waals surface area contributed by atoms with E-state index in [-0.39, 0.29) is 0 Å². The van der Waals surface area contributed by atoms with Gasteiger partial charge in [0.2, 0.25) is 4.77 Å². The number of aryl methyl sites for hydroxylation is 1. The molecule has 0 aliphatic heterocycles. The van der Waals surface area contributed by atoms with Gasteiger partial charge in [0.1, 0.15) is 0 Å². The summed E-state index contributed by atoms with van der Waals surface area (Å²) in [6.07, 6.45) is 1.77. The summed E-state index contributed by atoms with van der Waals surface area (Å²) >= 11 is 5.25. The smallest absolute Gasteiger partial charge is 0.216 e. The minimum Gasteiger partial charge on any atom is -0.250 e. The molecule has 0 radical (unpaired) electrons.